The number of alkyl halides is 1. The molecule has 8 nitrogen and oxygen atoms in total. The summed E-state index contributed by atoms with van der Waals surface area (Å²) in [5.74, 6) is 2.30. The first kappa shape index (κ1) is 19.9. The number of nitrogens with one attached hydrogen (secondary N) is 3. The Labute approximate surface area is 159 Å². The molecule has 1 unspecified atom stereocenters. The van der Waals surface area contributed by atoms with Crippen LogP contribution in [-0.2, 0) is 22.0 Å². The van der Waals surface area contributed by atoms with E-state index in [9.17, 15) is 4.79 Å². The van der Waals surface area contributed by atoms with E-state index in [1.165, 1.54) is 0 Å². The van der Waals surface area contributed by atoms with Crippen LogP contribution in [0.3, 0.4) is 0 Å². The molecule has 5 N–H and O–H groups in total. The number of carbonyl (C=O) groups is 1. The molecular formula is C16H21ClN6O2S. The topological polar surface area (TPSA) is 126 Å². The van der Waals surface area contributed by atoms with Gasteiger partial charge in [-0.15, -0.1) is 11.6 Å². The zero-order valence-corrected chi connectivity index (χ0v) is 15.9. The van der Waals surface area contributed by atoms with Crippen LogP contribution in [0.25, 0.3) is 0 Å². The van der Waals surface area contributed by atoms with E-state index < -0.39 is 10.7 Å². The molecule has 0 fully saturated rings. The Balaban J connectivity index is 2.23. The van der Waals surface area contributed by atoms with Crippen LogP contribution in [0, 0.1) is 4.78 Å². The largest absolute Gasteiger partial charge is 0.497 e. The lowest BCUT2D eigenvalue weighted by molar-refractivity contribution is -0.105. The maximum absolute atomic E-state index is 10.9. The number of anilines is 3. The van der Waals surface area contributed by atoms with Crippen LogP contribution in [0.15, 0.2) is 29.4 Å². The number of nitrogens with two attached hydrogens (primary N) is 1. The third-order valence-electron chi connectivity index (χ3n) is 3.44. The highest BCUT2D eigenvalue weighted by Gasteiger charge is 2.14. The molecule has 1 amide bonds. The standard InChI is InChI=1S/C16H21ClN6O2S/c1-25-12-5-3-11(4-6-12)9-20-15-13(21-10-24)14(18)22-16(23-15)26(19)8-2-7-17/h3-6,10,19H,2,7-9H2,1H3,(H,21,24)(H3,18,20,22,23). The highest BCUT2D eigenvalue weighted by atomic mass is 35.5. The predicted molar refractivity (Wildman–Crippen MR) is 105 cm³/mol. The number of aromatic nitrogens is 2. The molecule has 10 heteroatoms. The number of rotatable bonds is 10. The van der Waals surface area contributed by atoms with Gasteiger partial charge in [0.1, 0.15) is 11.4 Å². The van der Waals surface area contributed by atoms with E-state index in [0.29, 0.717) is 47.7 Å². The van der Waals surface area contributed by atoms with Crippen molar-refractivity contribution < 1.29 is 9.53 Å². The van der Waals surface area contributed by atoms with Gasteiger partial charge in [0.2, 0.25) is 11.6 Å². The van der Waals surface area contributed by atoms with Crippen molar-refractivity contribution in [1.29, 1.82) is 4.78 Å². The van der Waals surface area contributed by atoms with E-state index in [1.807, 2.05) is 24.3 Å². The normalized spacial score (nSPS) is 11.6. The molecule has 0 radical (unpaired) electrons. The summed E-state index contributed by atoms with van der Waals surface area (Å²) in [6, 6.07) is 7.54. The molecule has 1 heterocycles. The molecule has 140 valence electrons. The van der Waals surface area contributed by atoms with Gasteiger partial charge in [-0.1, -0.05) is 12.1 Å². The average molecular weight is 397 g/mol. The molecular weight excluding hydrogens is 376 g/mol. The second-order valence-corrected chi connectivity index (χ2v) is 7.15. The Morgan fingerprint density at radius 3 is 2.69 bits per heavy atom. The molecule has 2 aromatic rings. The van der Waals surface area contributed by atoms with E-state index in [-0.39, 0.29) is 5.82 Å². The fourth-order valence-corrected chi connectivity index (χ4v) is 3.43. The monoisotopic (exact) mass is 396 g/mol. The second kappa shape index (κ2) is 9.93. The van der Waals surface area contributed by atoms with Gasteiger partial charge >= 0.3 is 0 Å². The van der Waals surface area contributed by atoms with Crippen molar-refractivity contribution in [3.8, 4) is 5.75 Å². The fraction of sp³-hybridized carbons (Fsp3) is 0.312. The van der Waals surface area contributed by atoms with Crippen LogP contribution in [0.1, 0.15) is 12.0 Å². The lowest BCUT2D eigenvalue weighted by Gasteiger charge is -2.14. The highest BCUT2D eigenvalue weighted by molar-refractivity contribution is 7.85. The van der Waals surface area contributed by atoms with Crippen LogP contribution >= 0.6 is 11.6 Å². The average Bonchev–Trinajstić information content (AvgIpc) is 2.66. The summed E-state index contributed by atoms with van der Waals surface area (Å²) in [5, 5.41) is 5.98. The number of nitrogen functional groups attached to an aromatic ring is 1. The Hall–Kier alpha value is -2.39. The number of nitrogens with zero attached hydrogens (tertiary/aromatic N) is 2. The van der Waals surface area contributed by atoms with Crippen LogP contribution in [0.5, 0.6) is 5.75 Å². The number of methoxy groups -OCH3 is 1. The van der Waals surface area contributed by atoms with Gasteiger partial charge in [-0.25, -0.2) is 9.97 Å². The smallest absolute Gasteiger partial charge is 0.211 e. The van der Waals surface area contributed by atoms with Gasteiger partial charge in [0.25, 0.3) is 0 Å². The van der Waals surface area contributed by atoms with Crippen molar-refractivity contribution in [3.05, 3.63) is 29.8 Å². The number of hydrogen-bond donors (Lipinski definition) is 4. The molecule has 0 bridgehead atoms. The van der Waals surface area contributed by atoms with Crippen molar-refractivity contribution in [1.82, 2.24) is 9.97 Å². The minimum Gasteiger partial charge on any atom is -0.497 e. The molecule has 1 atom stereocenters. The molecule has 1 aromatic carbocycles. The van der Waals surface area contributed by atoms with Gasteiger partial charge in [0.15, 0.2) is 11.6 Å². The van der Waals surface area contributed by atoms with Gasteiger partial charge in [0, 0.05) is 18.2 Å². The molecule has 0 aliphatic heterocycles. The summed E-state index contributed by atoms with van der Waals surface area (Å²) in [5.41, 5.74) is 7.24. The summed E-state index contributed by atoms with van der Waals surface area (Å²) in [7, 11) is 0.681. The first-order valence-electron chi connectivity index (χ1n) is 7.81. The summed E-state index contributed by atoms with van der Waals surface area (Å²) in [6.07, 6.45) is 1.21. The minimum atomic E-state index is -0.928. The first-order valence-corrected chi connectivity index (χ1v) is 9.74. The summed E-state index contributed by atoms with van der Waals surface area (Å²) in [6.45, 7) is 0.459. The molecule has 26 heavy (non-hydrogen) atoms. The van der Waals surface area contributed by atoms with Crippen LogP contribution in [0.4, 0.5) is 17.3 Å². The number of carbonyl (C=O) groups excluding carboxylic acids is 1. The minimum absolute atomic E-state index is 0.120. The van der Waals surface area contributed by atoms with Crippen molar-refractivity contribution in [2.75, 3.05) is 35.1 Å². The lowest BCUT2D eigenvalue weighted by atomic mass is 10.2. The van der Waals surface area contributed by atoms with Crippen LogP contribution in [0.2, 0.25) is 0 Å². The Morgan fingerprint density at radius 2 is 2.08 bits per heavy atom. The predicted octanol–water partition coefficient (Wildman–Crippen LogP) is 2.62. The SMILES string of the molecule is COc1ccc(CNc2nc(S(=N)CCCCl)nc(N)c2NC=O)cc1. The van der Waals surface area contributed by atoms with E-state index in [0.717, 1.165) is 11.3 Å². The van der Waals surface area contributed by atoms with Gasteiger partial charge in [-0.3, -0.25) is 9.57 Å². The van der Waals surface area contributed by atoms with Crippen molar-refractivity contribution in [2.45, 2.75) is 18.1 Å². The van der Waals surface area contributed by atoms with E-state index in [1.54, 1.807) is 7.11 Å². The number of ether oxygens (including phenoxy) is 1. The van der Waals surface area contributed by atoms with Gasteiger partial charge in [0.05, 0.1) is 7.11 Å². The zero-order chi connectivity index (χ0) is 18.9. The number of hydrogen-bond acceptors (Lipinski definition) is 7. The van der Waals surface area contributed by atoms with Crippen molar-refractivity contribution in [2.24, 2.45) is 0 Å². The van der Waals surface area contributed by atoms with E-state index in [4.69, 9.17) is 26.9 Å². The van der Waals surface area contributed by atoms with E-state index in [2.05, 4.69) is 20.6 Å². The van der Waals surface area contributed by atoms with Crippen LogP contribution < -0.4 is 21.1 Å². The molecule has 0 saturated heterocycles. The maximum atomic E-state index is 10.9. The Morgan fingerprint density at radius 1 is 1.35 bits per heavy atom. The summed E-state index contributed by atoms with van der Waals surface area (Å²) >= 11 is 5.69. The third-order valence-corrected chi connectivity index (χ3v) is 5.03. The fourth-order valence-electron chi connectivity index (χ4n) is 2.12. The Bertz CT molecular complexity index is 772. The molecule has 0 aliphatic rings. The zero-order valence-electron chi connectivity index (χ0n) is 14.3. The third kappa shape index (κ3) is 5.30. The van der Waals surface area contributed by atoms with Crippen LogP contribution in [-0.4, -0.2) is 35.1 Å². The quantitative estimate of drug-likeness (QED) is 0.278. The molecule has 0 aliphatic carbocycles. The van der Waals surface area contributed by atoms with Gasteiger partial charge in [-0.05, 0) is 34.8 Å². The highest BCUT2D eigenvalue weighted by Crippen LogP contribution is 2.26. The summed E-state index contributed by atoms with van der Waals surface area (Å²) < 4.78 is 13.3. The summed E-state index contributed by atoms with van der Waals surface area (Å²) in [4.78, 5) is 19.4. The molecule has 2 rings (SSSR count). The Kier molecular flexibility index (Phi) is 7.61. The maximum Gasteiger partial charge on any atom is 0.211 e. The number of benzene rings is 1. The second-order valence-electron chi connectivity index (χ2n) is 5.22. The molecule has 1 aromatic heterocycles. The number of amides is 1. The van der Waals surface area contributed by atoms with E-state index >= 15 is 0 Å². The molecule has 0 saturated carbocycles. The van der Waals surface area contributed by atoms with Gasteiger partial charge < -0.3 is 21.1 Å². The molecule has 0 spiro atoms. The number of halogens is 1. The van der Waals surface area contributed by atoms with Crippen molar-refractivity contribution in [3.63, 3.8) is 0 Å². The van der Waals surface area contributed by atoms with Gasteiger partial charge in [-0.2, -0.15) is 0 Å². The van der Waals surface area contributed by atoms with Crippen molar-refractivity contribution >= 4 is 46.0 Å². The lowest BCUT2D eigenvalue weighted by Crippen LogP contribution is -2.13. The first-order chi connectivity index (χ1) is 12.6.